The highest BCUT2D eigenvalue weighted by Gasteiger charge is 2.31. The summed E-state index contributed by atoms with van der Waals surface area (Å²) in [5.74, 6) is 0.712. The van der Waals surface area contributed by atoms with E-state index in [2.05, 4.69) is 5.32 Å². The summed E-state index contributed by atoms with van der Waals surface area (Å²) in [5.41, 5.74) is 1.56. The Labute approximate surface area is 205 Å². The highest BCUT2D eigenvalue weighted by Crippen LogP contribution is 2.37. The van der Waals surface area contributed by atoms with Gasteiger partial charge in [0.15, 0.2) is 11.5 Å². The van der Waals surface area contributed by atoms with Crippen LogP contribution in [0.1, 0.15) is 5.56 Å². The van der Waals surface area contributed by atoms with Crippen LogP contribution in [0.2, 0.25) is 0 Å². The molecule has 0 aliphatic rings. The molecule has 0 aromatic heterocycles. The summed E-state index contributed by atoms with van der Waals surface area (Å²) in [7, 11) is 1.48. The van der Waals surface area contributed by atoms with E-state index >= 15 is 0 Å². The van der Waals surface area contributed by atoms with Gasteiger partial charge < -0.3 is 24.3 Å². The predicted octanol–water partition coefficient (Wildman–Crippen LogP) is 3.86. The first-order valence-electron chi connectivity index (χ1n) is 10.6. The summed E-state index contributed by atoms with van der Waals surface area (Å²) < 4.78 is 49.9. The van der Waals surface area contributed by atoms with Crippen LogP contribution in [0.4, 0.5) is 11.4 Å². The third-order valence-corrected chi connectivity index (χ3v) is 7.06. The minimum atomic E-state index is -4.27. The number of methoxy groups -OCH3 is 4. The van der Waals surface area contributed by atoms with Gasteiger partial charge in [-0.3, -0.25) is 9.10 Å². The SMILES string of the molecule is COc1ccc(OC)c(N(CC(=O)Nc2ccccc2C)S(=O)(=O)c2ccc(OC)c(OC)c2)c1. The maximum atomic E-state index is 13.9. The Morgan fingerprint density at radius 2 is 1.49 bits per heavy atom. The summed E-state index contributed by atoms with van der Waals surface area (Å²) in [6.45, 7) is 1.33. The molecule has 0 aliphatic heterocycles. The number of hydrogen-bond donors (Lipinski definition) is 1. The standard InChI is InChI=1S/C25H28N2O7S/c1-17-8-6-7-9-20(17)26-25(28)16-27(21-14-18(31-2)10-12-22(21)32-3)35(29,30)19-11-13-23(33-4)24(15-19)34-5/h6-15H,16H2,1-5H3,(H,26,28). The first-order chi connectivity index (χ1) is 16.7. The Morgan fingerprint density at radius 1 is 0.829 bits per heavy atom. The number of sulfonamides is 1. The van der Waals surface area contributed by atoms with Crippen molar-refractivity contribution in [3.8, 4) is 23.0 Å². The zero-order chi connectivity index (χ0) is 25.6. The van der Waals surface area contributed by atoms with Gasteiger partial charge in [0.05, 0.1) is 39.0 Å². The molecule has 0 saturated carbocycles. The van der Waals surface area contributed by atoms with E-state index in [0.29, 0.717) is 17.2 Å². The van der Waals surface area contributed by atoms with Gasteiger partial charge >= 0.3 is 0 Å². The molecule has 9 nitrogen and oxygen atoms in total. The van der Waals surface area contributed by atoms with Crippen LogP contribution in [0.3, 0.4) is 0 Å². The monoisotopic (exact) mass is 500 g/mol. The van der Waals surface area contributed by atoms with Crippen LogP contribution in [-0.4, -0.2) is 49.3 Å². The highest BCUT2D eigenvalue weighted by atomic mass is 32.2. The lowest BCUT2D eigenvalue weighted by atomic mass is 10.2. The zero-order valence-electron chi connectivity index (χ0n) is 20.2. The van der Waals surface area contributed by atoms with Crippen molar-refractivity contribution in [2.24, 2.45) is 0 Å². The molecule has 0 saturated heterocycles. The lowest BCUT2D eigenvalue weighted by Crippen LogP contribution is -2.38. The average molecular weight is 501 g/mol. The Bertz CT molecular complexity index is 1310. The molecule has 0 bridgehead atoms. The number of nitrogens with zero attached hydrogens (tertiary/aromatic N) is 1. The molecular weight excluding hydrogens is 472 g/mol. The van der Waals surface area contributed by atoms with Crippen LogP contribution in [0.15, 0.2) is 65.6 Å². The van der Waals surface area contributed by atoms with Crippen molar-refractivity contribution in [3.63, 3.8) is 0 Å². The lowest BCUT2D eigenvalue weighted by molar-refractivity contribution is -0.114. The van der Waals surface area contributed by atoms with Gasteiger partial charge in [-0.2, -0.15) is 0 Å². The molecule has 0 heterocycles. The second-order valence-corrected chi connectivity index (χ2v) is 9.29. The smallest absolute Gasteiger partial charge is 0.265 e. The fourth-order valence-electron chi connectivity index (χ4n) is 3.43. The van der Waals surface area contributed by atoms with E-state index in [0.717, 1.165) is 9.87 Å². The molecule has 0 unspecified atom stereocenters. The van der Waals surface area contributed by atoms with Crippen LogP contribution < -0.4 is 28.6 Å². The second kappa shape index (κ2) is 11.0. The fourth-order valence-corrected chi connectivity index (χ4v) is 4.87. The Kier molecular flexibility index (Phi) is 8.08. The van der Waals surface area contributed by atoms with Gasteiger partial charge in [0.1, 0.15) is 18.0 Å². The number of hydrogen-bond acceptors (Lipinski definition) is 7. The Hall–Kier alpha value is -3.92. The molecule has 3 aromatic carbocycles. The molecule has 0 fully saturated rings. The number of anilines is 2. The van der Waals surface area contributed by atoms with Crippen molar-refractivity contribution in [2.45, 2.75) is 11.8 Å². The van der Waals surface area contributed by atoms with Crippen LogP contribution in [0.5, 0.6) is 23.0 Å². The number of nitrogens with one attached hydrogen (secondary N) is 1. The van der Waals surface area contributed by atoms with E-state index in [1.807, 2.05) is 19.1 Å². The van der Waals surface area contributed by atoms with Gasteiger partial charge in [-0.25, -0.2) is 8.42 Å². The number of carbonyl (C=O) groups is 1. The third kappa shape index (κ3) is 5.60. The summed E-state index contributed by atoms with van der Waals surface area (Å²) >= 11 is 0. The molecule has 3 aromatic rings. The topological polar surface area (TPSA) is 103 Å². The summed E-state index contributed by atoms with van der Waals surface area (Å²) in [5, 5.41) is 2.78. The van der Waals surface area contributed by atoms with E-state index in [-0.39, 0.29) is 22.1 Å². The predicted molar refractivity (Wildman–Crippen MR) is 133 cm³/mol. The van der Waals surface area contributed by atoms with Crippen molar-refractivity contribution < 1.29 is 32.2 Å². The van der Waals surface area contributed by atoms with Crippen molar-refractivity contribution in [2.75, 3.05) is 44.6 Å². The van der Waals surface area contributed by atoms with Crippen molar-refractivity contribution in [1.82, 2.24) is 0 Å². The summed E-state index contributed by atoms with van der Waals surface area (Å²) in [6, 6.07) is 16.1. The number of carbonyl (C=O) groups excluding carboxylic acids is 1. The second-order valence-electron chi connectivity index (χ2n) is 7.43. The zero-order valence-corrected chi connectivity index (χ0v) is 21.0. The first kappa shape index (κ1) is 25.7. The van der Waals surface area contributed by atoms with Crippen LogP contribution in [0.25, 0.3) is 0 Å². The molecule has 1 amide bonds. The third-order valence-electron chi connectivity index (χ3n) is 5.30. The summed E-state index contributed by atoms with van der Waals surface area (Å²) in [6.07, 6.45) is 0. The average Bonchev–Trinajstić information content (AvgIpc) is 2.87. The molecule has 1 N–H and O–H groups in total. The van der Waals surface area contributed by atoms with Crippen molar-refractivity contribution in [3.05, 3.63) is 66.2 Å². The van der Waals surface area contributed by atoms with Crippen LogP contribution in [-0.2, 0) is 14.8 Å². The van der Waals surface area contributed by atoms with Crippen LogP contribution in [0, 0.1) is 6.92 Å². The minimum absolute atomic E-state index is 0.0938. The number of amides is 1. The van der Waals surface area contributed by atoms with Gasteiger partial charge in [-0.15, -0.1) is 0 Å². The molecule has 186 valence electrons. The highest BCUT2D eigenvalue weighted by molar-refractivity contribution is 7.92. The van der Waals surface area contributed by atoms with Gasteiger partial charge in [0, 0.05) is 17.8 Å². The van der Waals surface area contributed by atoms with Crippen molar-refractivity contribution >= 4 is 27.3 Å². The quantitative estimate of drug-likeness (QED) is 0.451. The van der Waals surface area contributed by atoms with E-state index in [9.17, 15) is 13.2 Å². The maximum Gasteiger partial charge on any atom is 0.265 e. The molecule has 0 spiro atoms. The van der Waals surface area contributed by atoms with Gasteiger partial charge in [-0.05, 0) is 42.8 Å². The van der Waals surface area contributed by atoms with E-state index in [1.54, 1.807) is 24.3 Å². The van der Waals surface area contributed by atoms with E-state index in [4.69, 9.17) is 18.9 Å². The molecule has 3 rings (SSSR count). The van der Waals surface area contributed by atoms with Crippen LogP contribution >= 0.6 is 0 Å². The molecule has 35 heavy (non-hydrogen) atoms. The number of para-hydroxylation sites is 1. The molecular formula is C25H28N2O7S. The fraction of sp³-hybridized carbons (Fsp3) is 0.240. The molecule has 0 atom stereocenters. The number of aryl methyl sites for hydroxylation is 1. The van der Waals surface area contributed by atoms with E-state index < -0.39 is 22.5 Å². The Balaban J connectivity index is 2.11. The minimum Gasteiger partial charge on any atom is -0.497 e. The Morgan fingerprint density at radius 3 is 2.11 bits per heavy atom. The number of rotatable bonds is 10. The number of ether oxygens (including phenoxy) is 4. The molecule has 10 heteroatoms. The number of benzene rings is 3. The largest absolute Gasteiger partial charge is 0.497 e. The van der Waals surface area contributed by atoms with E-state index in [1.165, 1.54) is 52.7 Å². The lowest BCUT2D eigenvalue weighted by Gasteiger charge is -2.26. The molecule has 0 radical (unpaired) electrons. The van der Waals surface area contributed by atoms with Gasteiger partial charge in [-0.1, -0.05) is 18.2 Å². The van der Waals surface area contributed by atoms with Gasteiger partial charge in [0.2, 0.25) is 5.91 Å². The summed E-state index contributed by atoms with van der Waals surface area (Å²) in [4.78, 5) is 13.0. The maximum absolute atomic E-state index is 13.9. The first-order valence-corrected chi connectivity index (χ1v) is 12.0. The molecule has 0 aliphatic carbocycles. The van der Waals surface area contributed by atoms with Gasteiger partial charge in [0.25, 0.3) is 10.0 Å². The van der Waals surface area contributed by atoms with Crippen molar-refractivity contribution in [1.29, 1.82) is 0 Å². The normalized spacial score (nSPS) is 10.9.